The van der Waals surface area contributed by atoms with Gasteiger partial charge in [-0.2, -0.15) is 10.2 Å². The molecule has 0 atom stereocenters. The van der Waals surface area contributed by atoms with E-state index in [1.54, 1.807) is 60.8 Å². The van der Waals surface area contributed by atoms with Crippen LogP contribution >= 0.6 is 11.6 Å². The summed E-state index contributed by atoms with van der Waals surface area (Å²) in [7, 11) is 0. The third kappa shape index (κ3) is 4.92. The highest BCUT2D eigenvalue weighted by atomic mass is 35.5. The fraction of sp³-hybridized carbons (Fsp3) is 0.0400. The summed E-state index contributed by atoms with van der Waals surface area (Å²) in [5.74, 6) is -0.249. The van der Waals surface area contributed by atoms with Crippen molar-refractivity contribution in [1.29, 1.82) is 5.26 Å². The number of nitrogens with one attached hydrogen (secondary N) is 1. The monoisotopic (exact) mass is 456 g/mol. The summed E-state index contributed by atoms with van der Waals surface area (Å²) in [6.45, 7) is 1.94. The number of aromatic nitrogens is 2. The Hall–Kier alpha value is -4.41. The van der Waals surface area contributed by atoms with Crippen molar-refractivity contribution in [3.05, 3.63) is 105 Å². The van der Waals surface area contributed by atoms with Gasteiger partial charge in [-0.15, -0.1) is 0 Å². The number of halogens is 1. The van der Waals surface area contributed by atoms with Gasteiger partial charge in [0.1, 0.15) is 28.6 Å². The minimum atomic E-state index is -0.696. The molecule has 0 radical (unpaired) electrons. The molecule has 0 saturated carbocycles. The van der Waals surface area contributed by atoms with Crippen molar-refractivity contribution in [2.75, 3.05) is 5.32 Å². The first-order valence-electron chi connectivity index (χ1n) is 9.89. The maximum atomic E-state index is 13.2. The van der Waals surface area contributed by atoms with E-state index in [0.717, 1.165) is 5.56 Å². The highest BCUT2D eigenvalue weighted by Gasteiger charge is 2.17. The molecule has 4 aromatic rings. The van der Waals surface area contributed by atoms with Crippen LogP contribution in [0.2, 0.25) is 5.02 Å². The standard InChI is InChI=1S/C25H17ClN4O3/c1-16-8-10-20(11-9-16)33-24-21(25(32)30-12-3-2-7-22(30)29-24)13-17(15-27)23(31)28-19-6-4-5-18(26)14-19/h2-14H,1H3,(H,28,31). The Labute approximate surface area is 194 Å². The number of nitrogens with zero attached hydrogens (tertiary/aromatic N) is 3. The van der Waals surface area contributed by atoms with Crippen molar-refractivity contribution >= 4 is 34.9 Å². The molecule has 162 valence electrons. The predicted molar refractivity (Wildman–Crippen MR) is 126 cm³/mol. The molecule has 0 aliphatic heterocycles. The van der Waals surface area contributed by atoms with E-state index in [-0.39, 0.29) is 17.0 Å². The summed E-state index contributed by atoms with van der Waals surface area (Å²) in [4.78, 5) is 30.4. The van der Waals surface area contributed by atoms with E-state index >= 15 is 0 Å². The number of ether oxygens (including phenoxy) is 1. The number of aryl methyl sites for hydroxylation is 1. The maximum absolute atomic E-state index is 13.2. The van der Waals surface area contributed by atoms with E-state index in [9.17, 15) is 14.9 Å². The Bertz CT molecular complexity index is 1480. The lowest BCUT2D eigenvalue weighted by molar-refractivity contribution is -0.112. The lowest BCUT2D eigenvalue weighted by Crippen LogP contribution is -2.20. The Morgan fingerprint density at radius 1 is 1.15 bits per heavy atom. The van der Waals surface area contributed by atoms with Gasteiger partial charge in [-0.1, -0.05) is 41.4 Å². The van der Waals surface area contributed by atoms with Crippen LogP contribution in [0.25, 0.3) is 11.7 Å². The highest BCUT2D eigenvalue weighted by Crippen LogP contribution is 2.24. The van der Waals surface area contributed by atoms with Crippen LogP contribution in [-0.4, -0.2) is 15.3 Å². The van der Waals surface area contributed by atoms with Crippen molar-refractivity contribution in [2.45, 2.75) is 6.92 Å². The van der Waals surface area contributed by atoms with Gasteiger partial charge in [-0.3, -0.25) is 14.0 Å². The minimum Gasteiger partial charge on any atom is -0.438 e. The third-order valence-corrected chi connectivity index (χ3v) is 4.94. The van der Waals surface area contributed by atoms with E-state index < -0.39 is 11.5 Å². The molecule has 2 aromatic carbocycles. The molecule has 1 amide bonds. The molecule has 1 N–H and O–H groups in total. The van der Waals surface area contributed by atoms with Crippen LogP contribution in [-0.2, 0) is 4.79 Å². The van der Waals surface area contributed by atoms with Crippen LogP contribution < -0.4 is 15.6 Å². The van der Waals surface area contributed by atoms with Gasteiger partial charge in [0.2, 0.25) is 5.88 Å². The van der Waals surface area contributed by atoms with Gasteiger partial charge in [0.25, 0.3) is 11.5 Å². The van der Waals surface area contributed by atoms with Crippen molar-refractivity contribution in [2.24, 2.45) is 0 Å². The van der Waals surface area contributed by atoms with E-state index in [2.05, 4.69) is 10.3 Å². The molecule has 7 nitrogen and oxygen atoms in total. The lowest BCUT2D eigenvalue weighted by atomic mass is 10.1. The average Bonchev–Trinajstić information content (AvgIpc) is 2.80. The molecule has 0 saturated heterocycles. The van der Waals surface area contributed by atoms with Crippen LogP contribution in [0.3, 0.4) is 0 Å². The van der Waals surface area contributed by atoms with Crippen LogP contribution in [0, 0.1) is 18.3 Å². The number of hydrogen-bond acceptors (Lipinski definition) is 5. The van der Waals surface area contributed by atoms with Crippen molar-refractivity contribution in [1.82, 2.24) is 9.38 Å². The summed E-state index contributed by atoms with van der Waals surface area (Å²) in [6.07, 6.45) is 2.73. The third-order valence-electron chi connectivity index (χ3n) is 4.71. The summed E-state index contributed by atoms with van der Waals surface area (Å²) < 4.78 is 7.20. The minimum absolute atomic E-state index is 0.0154. The zero-order valence-corrected chi connectivity index (χ0v) is 18.2. The lowest BCUT2D eigenvalue weighted by Gasteiger charge is -2.10. The molecule has 33 heavy (non-hydrogen) atoms. The smallest absolute Gasteiger partial charge is 0.269 e. The highest BCUT2D eigenvalue weighted by molar-refractivity contribution is 6.31. The summed E-state index contributed by atoms with van der Waals surface area (Å²) >= 11 is 5.96. The quantitative estimate of drug-likeness (QED) is 0.337. The van der Waals surface area contributed by atoms with Crippen LogP contribution in [0.5, 0.6) is 11.6 Å². The number of rotatable bonds is 5. The van der Waals surface area contributed by atoms with Gasteiger partial charge < -0.3 is 10.1 Å². The second-order valence-electron chi connectivity index (χ2n) is 7.11. The average molecular weight is 457 g/mol. The maximum Gasteiger partial charge on any atom is 0.269 e. The molecule has 0 aliphatic carbocycles. The molecule has 0 fully saturated rings. The second-order valence-corrected chi connectivity index (χ2v) is 7.55. The largest absolute Gasteiger partial charge is 0.438 e. The van der Waals surface area contributed by atoms with Gasteiger partial charge in [0.05, 0.1) is 0 Å². The Morgan fingerprint density at radius 2 is 1.94 bits per heavy atom. The zero-order valence-electron chi connectivity index (χ0n) is 17.4. The molecule has 0 bridgehead atoms. The number of pyridine rings is 1. The van der Waals surface area contributed by atoms with Crippen LogP contribution in [0.1, 0.15) is 11.1 Å². The van der Waals surface area contributed by atoms with E-state index in [0.29, 0.717) is 22.1 Å². The Kier molecular flexibility index (Phi) is 6.20. The number of carbonyl (C=O) groups excluding carboxylic acids is 1. The molecule has 2 heterocycles. The number of amides is 1. The molecule has 0 spiro atoms. The molecule has 4 rings (SSSR count). The fourth-order valence-electron chi connectivity index (χ4n) is 3.06. The number of benzene rings is 2. The van der Waals surface area contributed by atoms with E-state index in [1.807, 2.05) is 25.1 Å². The summed E-state index contributed by atoms with van der Waals surface area (Å²) in [6, 6.07) is 20.6. The summed E-state index contributed by atoms with van der Waals surface area (Å²) in [5, 5.41) is 12.7. The number of hydrogen-bond donors (Lipinski definition) is 1. The van der Waals surface area contributed by atoms with Gasteiger partial charge in [-0.25, -0.2) is 0 Å². The number of fused-ring (bicyclic) bond motifs is 1. The predicted octanol–water partition coefficient (Wildman–Crippen LogP) is 4.99. The summed E-state index contributed by atoms with van der Waals surface area (Å²) in [5.41, 5.74) is 1.02. The van der Waals surface area contributed by atoms with Crippen LogP contribution in [0.15, 0.2) is 83.3 Å². The zero-order chi connectivity index (χ0) is 23.4. The second kappa shape index (κ2) is 9.39. The Balaban J connectivity index is 1.79. The molecule has 2 aromatic heterocycles. The number of carbonyl (C=O) groups is 1. The first-order chi connectivity index (χ1) is 15.9. The van der Waals surface area contributed by atoms with Crippen molar-refractivity contribution in [3.63, 3.8) is 0 Å². The SMILES string of the molecule is Cc1ccc(Oc2nc3ccccn3c(=O)c2C=C(C#N)C(=O)Nc2cccc(Cl)c2)cc1. The first kappa shape index (κ1) is 21.8. The normalized spacial score (nSPS) is 11.1. The van der Waals surface area contributed by atoms with E-state index in [4.69, 9.17) is 16.3 Å². The Morgan fingerprint density at radius 3 is 2.67 bits per heavy atom. The number of nitriles is 1. The van der Waals surface area contributed by atoms with Gasteiger partial charge in [0.15, 0.2) is 0 Å². The van der Waals surface area contributed by atoms with Gasteiger partial charge in [0, 0.05) is 16.9 Å². The molecular weight excluding hydrogens is 440 g/mol. The van der Waals surface area contributed by atoms with Gasteiger partial charge >= 0.3 is 0 Å². The number of anilines is 1. The van der Waals surface area contributed by atoms with Gasteiger partial charge in [-0.05, 0) is 55.5 Å². The van der Waals surface area contributed by atoms with Crippen molar-refractivity contribution in [3.8, 4) is 17.7 Å². The topological polar surface area (TPSA) is 96.5 Å². The first-order valence-corrected chi connectivity index (χ1v) is 10.3. The van der Waals surface area contributed by atoms with Crippen LogP contribution in [0.4, 0.5) is 5.69 Å². The molecular formula is C25H17ClN4O3. The molecule has 0 unspecified atom stereocenters. The van der Waals surface area contributed by atoms with E-state index in [1.165, 1.54) is 10.5 Å². The van der Waals surface area contributed by atoms with Crippen molar-refractivity contribution < 1.29 is 9.53 Å². The molecule has 0 aliphatic rings. The molecule has 8 heteroatoms. The fourth-order valence-corrected chi connectivity index (χ4v) is 3.25.